The standard InChI is InChI=1S/C15H23N7/c1-2-4-13(5-3-1)12-20-8-10-21(11-9-20)15-7-6-14-16-18-19-22(14)17-15/h6-7,13H,1-5,8-12H2. The second kappa shape index (κ2) is 6.16. The van der Waals surface area contributed by atoms with Crippen molar-refractivity contribution in [2.75, 3.05) is 37.6 Å². The predicted octanol–water partition coefficient (Wildman–Crippen LogP) is 1.22. The van der Waals surface area contributed by atoms with Gasteiger partial charge in [-0.2, -0.15) is 0 Å². The summed E-state index contributed by atoms with van der Waals surface area (Å²) < 4.78 is 1.50. The van der Waals surface area contributed by atoms with Crippen molar-refractivity contribution >= 4 is 11.5 Å². The highest BCUT2D eigenvalue weighted by atomic mass is 15.6. The fourth-order valence-corrected chi connectivity index (χ4v) is 3.70. The van der Waals surface area contributed by atoms with Crippen LogP contribution in [0, 0.1) is 5.92 Å². The fourth-order valence-electron chi connectivity index (χ4n) is 3.70. The van der Waals surface area contributed by atoms with E-state index in [-0.39, 0.29) is 0 Å². The molecule has 0 unspecified atom stereocenters. The number of hydrogen-bond donors (Lipinski definition) is 0. The Kier molecular flexibility index (Phi) is 3.88. The average Bonchev–Trinajstić information content (AvgIpc) is 3.04. The van der Waals surface area contributed by atoms with E-state index < -0.39 is 0 Å². The van der Waals surface area contributed by atoms with Gasteiger partial charge in [-0.05, 0) is 41.3 Å². The van der Waals surface area contributed by atoms with Gasteiger partial charge in [0.1, 0.15) is 0 Å². The highest BCUT2D eigenvalue weighted by Crippen LogP contribution is 2.25. The van der Waals surface area contributed by atoms with Crippen molar-refractivity contribution in [3.8, 4) is 0 Å². The van der Waals surface area contributed by atoms with Crippen LogP contribution < -0.4 is 4.90 Å². The molecule has 22 heavy (non-hydrogen) atoms. The molecule has 118 valence electrons. The first-order valence-electron chi connectivity index (χ1n) is 8.41. The van der Waals surface area contributed by atoms with Crippen LogP contribution in [0.5, 0.6) is 0 Å². The number of tetrazole rings is 1. The SMILES string of the molecule is c1cc2nnnn2nc1N1CCN(CC2CCCCC2)CC1. The van der Waals surface area contributed by atoms with Gasteiger partial charge < -0.3 is 4.90 Å². The van der Waals surface area contributed by atoms with Crippen LogP contribution in [-0.4, -0.2) is 62.9 Å². The van der Waals surface area contributed by atoms with Gasteiger partial charge in [-0.1, -0.05) is 19.3 Å². The fraction of sp³-hybridized carbons (Fsp3) is 0.733. The Balaban J connectivity index is 1.34. The third-order valence-corrected chi connectivity index (χ3v) is 4.99. The summed E-state index contributed by atoms with van der Waals surface area (Å²) in [4.78, 5) is 4.96. The van der Waals surface area contributed by atoms with Crippen LogP contribution in [0.1, 0.15) is 32.1 Å². The Labute approximate surface area is 130 Å². The molecule has 1 saturated heterocycles. The minimum atomic E-state index is 0.694. The van der Waals surface area contributed by atoms with E-state index in [9.17, 15) is 0 Å². The van der Waals surface area contributed by atoms with Crippen molar-refractivity contribution in [1.82, 2.24) is 30.2 Å². The third kappa shape index (κ3) is 2.90. The lowest BCUT2D eigenvalue weighted by Gasteiger charge is -2.37. The van der Waals surface area contributed by atoms with E-state index in [4.69, 9.17) is 0 Å². The molecule has 1 saturated carbocycles. The van der Waals surface area contributed by atoms with Crippen molar-refractivity contribution < 1.29 is 0 Å². The van der Waals surface area contributed by atoms with E-state index in [0.29, 0.717) is 5.65 Å². The Morgan fingerprint density at radius 1 is 1.00 bits per heavy atom. The quantitative estimate of drug-likeness (QED) is 0.849. The Bertz CT molecular complexity index is 611. The molecule has 0 amide bonds. The minimum Gasteiger partial charge on any atom is -0.353 e. The van der Waals surface area contributed by atoms with Gasteiger partial charge in [0.2, 0.25) is 0 Å². The predicted molar refractivity (Wildman–Crippen MR) is 83.8 cm³/mol. The molecule has 0 bridgehead atoms. The van der Waals surface area contributed by atoms with Gasteiger partial charge in [0.25, 0.3) is 0 Å². The molecule has 7 nitrogen and oxygen atoms in total. The molecular weight excluding hydrogens is 278 g/mol. The van der Waals surface area contributed by atoms with Crippen molar-refractivity contribution in [2.45, 2.75) is 32.1 Å². The molecule has 0 spiro atoms. The Morgan fingerprint density at radius 2 is 1.82 bits per heavy atom. The van der Waals surface area contributed by atoms with Crippen molar-refractivity contribution in [2.24, 2.45) is 5.92 Å². The normalized spacial score (nSPS) is 21.5. The molecule has 4 rings (SSSR count). The maximum absolute atomic E-state index is 4.49. The van der Waals surface area contributed by atoms with Crippen molar-refractivity contribution in [1.29, 1.82) is 0 Å². The van der Waals surface area contributed by atoms with Gasteiger partial charge in [-0.15, -0.1) is 14.8 Å². The molecule has 2 aliphatic rings. The molecule has 0 aromatic carbocycles. The van der Waals surface area contributed by atoms with E-state index in [1.165, 1.54) is 43.3 Å². The number of anilines is 1. The number of fused-ring (bicyclic) bond motifs is 1. The van der Waals surface area contributed by atoms with Gasteiger partial charge in [-0.25, -0.2) is 0 Å². The summed E-state index contributed by atoms with van der Waals surface area (Å²) in [5, 5.41) is 15.9. The van der Waals surface area contributed by atoms with Crippen LogP contribution >= 0.6 is 0 Å². The van der Waals surface area contributed by atoms with Crippen LogP contribution in [0.15, 0.2) is 12.1 Å². The molecule has 2 aromatic heterocycles. The molecule has 2 aromatic rings. The maximum atomic E-state index is 4.49. The zero-order chi connectivity index (χ0) is 14.8. The number of piperazine rings is 1. The maximum Gasteiger partial charge on any atom is 0.200 e. The highest BCUT2D eigenvalue weighted by Gasteiger charge is 2.22. The lowest BCUT2D eigenvalue weighted by Crippen LogP contribution is -2.48. The largest absolute Gasteiger partial charge is 0.353 e. The molecule has 3 heterocycles. The van der Waals surface area contributed by atoms with E-state index in [2.05, 4.69) is 30.4 Å². The minimum absolute atomic E-state index is 0.694. The first-order valence-corrected chi connectivity index (χ1v) is 8.41. The summed E-state index contributed by atoms with van der Waals surface area (Å²) in [5.74, 6) is 1.90. The average molecular weight is 301 g/mol. The molecule has 7 heteroatoms. The molecule has 0 radical (unpaired) electrons. The summed E-state index contributed by atoms with van der Waals surface area (Å²) in [6, 6.07) is 3.94. The number of nitrogens with zero attached hydrogens (tertiary/aromatic N) is 7. The van der Waals surface area contributed by atoms with Gasteiger partial charge in [0.05, 0.1) is 0 Å². The van der Waals surface area contributed by atoms with E-state index >= 15 is 0 Å². The van der Waals surface area contributed by atoms with Gasteiger partial charge in [-0.3, -0.25) is 4.90 Å². The number of hydrogen-bond acceptors (Lipinski definition) is 6. The Hall–Kier alpha value is -1.76. The zero-order valence-electron chi connectivity index (χ0n) is 12.9. The molecule has 1 aliphatic heterocycles. The summed E-state index contributed by atoms with van der Waals surface area (Å²) in [6.07, 6.45) is 7.16. The second-order valence-corrected chi connectivity index (χ2v) is 6.51. The van der Waals surface area contributed by atoms with Crippen LogP contribution in [0.2, 0.25) is 0 Å². The van der Waals surface area contributed by atoms with Crippen molar-refractivity contribution in [3.63, 3.8) is 0 Å². The summed E-state index contributed by atoms with van der Waals surface area (Å²) in [7, 11) is 0. The first kappa shape index (κ1) is 13.9. The Morgan fingerprint density at radius 3 is 2.64 bits per heavy atom. The number of aromatic nitrogens is 5. The van der Waals surface area contributed by atoms with Gasteiger partial charge >= 0.3 is 0 Å². The van der Waals surface area contributed by atoms with Crippen molar-refractivity contribution in [3.05, 3.63) is 12.1 Å². The van der Waals surface area contributed by atoms with E-state index in [0.717, 1.165) is 37.9 Å². The molecule has 1 aliphatic carbocycles. The first-order chi connectivity index (χ1) is 10.9. The lowest BCUT2D eigenvalue weighted by atomic mass is 9.89. The third-order valence-electron chi connectivity index (χ3n) is 4.99. The monoisotopic (exact) mass is 301 g/mol. The lowest BCUT2D eigenvalue weighted by molar-refractivity contribution is 0.191. The summed E-state index contributed by atoms with van der Waals surface area (Å²) >= 11 is 0. The van der Waals surface area contributed by atoms with Crippen LogP contribution in [0.4, 0.5) is 5.82 Å². The second-order valence-electron chi connectivity index (χ2n) is 6.51. The van der Waals surface area contributed by atoms with Crippen LogP contribution in [-0.2, 0) is 0 Å². The van der Waals surface area contributed by atoms with Gasteiger partial charge in [0, 0.05) is 32.7 Å². The topological polar surface area (TPSA) is 62.5 Å². The van der Waals surface area contributed by atoms with E-state index in [1.807, 2.05) is 12.1 Å². The van der Waals surface area contributed by atoms with E-state index in [1.54, 1.807) is 0 Å². The smallest absolute Gasteiger partial charge is 0.200 e. The summed E-state index contributed by atoms with van der Waals surface area (Å²) in [5.41, 5.74) is 0.694. The number of rotatable bonds is 3. The molecule has 0 atom stereocenters. The summed E-state index contributed by atoms with van der Waals surface area (Å²) in [6.45, 7) is 5.62. The zero-order valence-corrected chi connectivity index (χ0v) is 12.9. The van der Waals surface area contributed by atoms with Crippen LogP contribution in [0.25, 0.3) is 5.65 Å². The van der Waals surface area contributed by atoms with Crippen LogP contribution in [0.3, 0.4) is 0 Å². The molecule has 2 fully saturated rings. The van der Waals surface area contributed by atoms with Gasteiger partial charge in [0.15, 0.2) is 11.5 Å². The highest BCUT2D eigenvalue weighted by molar-refractivity contribution is 5.44. The molecular formula is C15H23N7. The molecule has 0 N–H and O–H groups in total.